The molecule has 3 aromatic heterocycles. The molecule has 9 heteroatoms. The molecule has 1 aromatic carbocycles. The van der Waals surface area contributed by atoms with Crippen molar-refractivity contribution in [1.82, 2.24) is 15.0 Å². The summed E-state index contributed by atoms with van der Waals surface area (Å²) in [4.78, 5) is 16.9. The van der Waals surface area contributed by atoms with Crippen LogP contribution in [-0.2, 0) is 10.3 Å². The van der Waals surface area contributed by atoms with Crippen LogP contribution < -0.4 is 10.5 Å². The molecule has 0 unspecified atom stereocenters. The number of rotatable bonds is 2. The van der Waals surface area contributed by atoms with Gasteiger partial charge in [-0.15, -0.1) is 0 Å². The van der Waals surface area contributed by atoms with Crippen molar-refractivity contribution in [3.63, 3.8) is 0 Å². The van der Waals surface area contributed by atoms with Gasteiger partial charge in [0.2, 0.25) is 5.95 Å². The van der Waals surface area contributed by atoms with Crippen molar-refractivity contribution in [2.45, 2.75) is 5.54 Å². The van der Waals surface area contributed by atoms with Gasteiger partial charge in [-0.25, -0.2) is 9.37 Å². The third-order valence-corrected chi connectivity index (χ3v) is 5.91. The largest absolute Gasteiger partial charge is 0.455 e. The van der Waals surface area contributed by atoms with E-state index in [1.165, 1.54) is 18.3 Å². The van der Waals surface area contributed by atoms with Gasteiger partial charge >= 0.3 is 0 Å². The fourth-order valence-corrected chi connectivity index (χ4v) is 4.41. The van der Waals surface area contributed by atoms with Gasteiger partial charge in [0.25, 0.3) is 0 Å². The minimum absolute atomic E-state index is 0.203. The molecule has 34 heavy (non-hydrogen) atoms. The van der Waals surface area contributed by atoms with Gasteiger partial charge in [0.15, 0.2) is 5.75 Å². The molecule has 0 bridgehead atoms. The van der Waals surface area contributed by atoms with E-state index in [-0.39, 0.29) is 13.2 Å². The van der Waals surface area contributed by atoms with Crippen LogP contribution in [-0.4, -0.2) is 34.0 Å². The van der Waals surface area contributed by atoms with Gasteiger partial charge in [-0.2, -0.15) is 4.39 Å². The van der Waals surface area contributed by atoms with E-state index >= 15 is 0 Å². The number of aliphatic imine (C=N–C) groups is 1. The van der Waals surface area contributed by atoms with E-state index in [0.717, 1.165) is 11.8 Å². The maximum atomic E-state index is 13.8. The molecule has 2 N–H and O–H groups in total. The molecule has 0 aliphatic carbocycles. The number of amidine groups is 1. The van der Waals surface area contributed by atoms with E-state index in [1.807, 2.05) is 12.1 Å². The Balaban J connectivity index is 1.57. The lowest BCUT2D eigenvalue weighted by atomic mass is 9.79. The molecule has 4 aromatic rings. The fourth-order valence-electron chi connectivity index (χ4n) is 4.41. The van der Waals surface area contributed by atoms with E-state index in [9.17, 15) is 8.78 Å². The summed E-state index contributed by atoms with van der Waals surface area (Å²) in [6.07, 6.45) is 5.70. The number of halogens is 2. The predicted molar refractivity (Wildman–Crippen MR) is 120 cm³/mol. The molecule has 0 saturated heterocycles. The number of hydrogen-bond donors (Lipinski definition) is 1. The zero-order valence-corrected chi connectivity index (χ0v) is 17.7. The first-order chi connectivity index (χ1) is 16.5. The summed E-state index contributed by atoms with van der Waals surface area (Å²) in [5, 5.41) is 0. The van der Waals surface area contributed by atoms with E-state index in [2.05, 4.69) is 15.0 Å². The SMILES string of the molecule is NC1=N[C@@]2(COC1)c1cc(-c3cncc(F)c3)ccc1Oc1cnc(-c3ccnc(F)c3)cc12. The Bertz CT molecular complexity index is 1380. The Morgan fingerprint density at radius 3 is 2.56 bits per heavy atom. The predicted octanol–water partition coefficient (Wildman–Crippen LogP) is 4.22. The van der Waals surface area contributed by atoms with Crippen LogP contribution in [0, 0.1) is 11.8 Å². The minimum Gasteiger partial charge on any atom is -0.455 e. The molecule has 7 nitrogen and oxygen atoms in total. The summed E-state index contributed by atoms with van der Waals surface area (Å²) in [5.74, 6) is 0.344. The third kappa shape index (κ3) is 3.29. The van der Waals surface area contributed by atoms with Crippen molar-refractivity contribution >= 4 is 5.84 Å². The number of aromatic nitrogens is 3. The normalized spacial score (nSPS) is 18.6. The molecule has 0 amide bonds. The van der Waals surface area contributed by atoms with Crippen LogP contribution in [0.25, 0.3) is 22.4 Å². The standard InChI is InChI=1S/C25H17F2N5O2/c26-17-5-16(9-29-10-17)14-1-2-21-18(6-14)25(13-33-12-24(28)32-25)19-8-20(31-11-22(19)34-21)15-3-4-30-23(27)7-15/h1-11H,12-13H2,(H2,28,32)/t25-/m0/s1. The molecule has 6 rings (SSSR count). The molecule has 1 atom stereocenters. The van der Waals surface area contributed by atoms with Gasteiger partial charge in [-0.3, -0.25) is 15.0 Å². The van der Waals surface area contributed by atoms with Crippen LogP contribution in [0.2, 0.25) is 0 Å². The summed E-state index contributed by atoms with van der Waals surface area (Å²) >= 11 is 0. The molecular formula is C25H17F2N5O2. The molecule has 2 aliphatic rings. The Morgan fingerprint density at radius 1 is 0.853 bits per heavy atom. The maximum Gasteiger partial charge on any atom is 0.213 e. The number of benzene rings is 1. The van der Waals surface area contributed by atoms with Crippen LogP contribution in [0.3, 0.4) is 0 Å². The molecule has 0 fully saturated rings. The topological polar surface area (TPSA) is 95.5 Å². The van der Waals surface area contributed by atoms with Crippen LogP contribution in [0.4, 0.5) is 8.78 Å². The lowest BCUT2D eigenvalue weighted by molar-refractivity contribution is 0.110. The van der Waals surface area contributed by atoms with Crippen molar-refractivity contribution < 1.29 is 18.3 Å². The van der Waals surface area contributed by atoms with Crippen LogP contribution in [0.15, 0.2) is 72.2 Å². The van der Waals surface area contributed by atoms with Crippen LogP contribution in [0.5, 0.6) is 11.5 Å². The fraction of sp³-hybridized carbons (Fsp3) is 0.120. The molecule has 0 saturated carbocycles. The highest BCUT2D eigenvalue weighted by Crippen LogP contribution is 2.51. The van der Waals surface area contributed by atoms with Gasteiger partial charge in [0.1, 0.15) is 29.5 Å². The lowest BCUT2D eigenvalue weighted by Crippen LogP contribution is -2.42. The highest BCUT2D eigenvalue weighted by molar-refractivity contribution is 5.84. The average Bonchev–Trinajstić information content (AvgIpc) is 2.84. The number of nitrogens with zero attached hydrogens (tertiary/aromatic N) is 4. The number of fused-ring (bicyclic) bond motifs is 4. The third-order valence-electron chi connectivity index (χ3n) is 5.91. The summed E-state index contributed by atoms with van der Waals surface area (Å²) in [6, 6.07) is 11.7. The number of pyridine rings is 3. The monoisotopic (exact) mass is 457 g/mol. The number of ether oxygens (including phenoxy) is 2. The molecule has 168 valence electrons. The summed E-state index contributed by atoms with van der Waals surface area (Å²) in [6.45, 7) is 0.407. The number of nitrogens with two attached hydrogens (primary N) is 1. The van der Waals surface area contributed by atoms with Crippen molar-refractivity contribution in [3.8, 4) is 33.9 Å². The summed E-state index contributed by atoms with van der Waals surface area (Å²) in [5.41, 5.74) is 8.95. The van der Waals surface area contributed by atoms with Gasteiger partial charge in [-0.05, 0) is 35.9 Å². The van der Waals surface area contributed by atoms with Gasteiger partial charge in [0, 0.05) is 40.7 Å². The lowest BCUT2D eigenvalue weighted by Gasteiger charge is -2.39. The van der Waals surface area contributed by atoms with E-state index in [1.54, 1.807) is 30.6 Å². The maximum absolute atomic E-state index is 13.8. The Morgan fingerprint density at radius 2 is 1.74 bits per heavy atom. The molecular weight excluding hydrogens is 440 g/mol. The van der Waals surface area contributed by atoms with E-state index < -0.39 is 17.3 Å². The zero-order chi connectivity index (χ0) is 23.3. The average molecular weight is 457 g/mol. The van der Waals surface area contributed by atoms with Crippen LogP contribution >= 0.6 is 0 Å². The second kappa shape index (κ2) is 7.67. The smallest absolute Gasteiger partial charge is 0.213 e. The quantitative estimate of drug-likeness (QED) is 0.453. The molecule has 1 spiro atoms. The summed E-state index contributed by atoms with van der Waals surface area (Å²) < 4.78 is 39.6. The Labute approximate surface area is 193 Å². The van der Waals surface area contributed by atoms with E-state index in [4.69, 9.17) is 20.2 Å². The first kappa shape index (κ1) is 20.4. The molecule has 2 aliphatic heterocycles. The van der Waals surface area contributed by atoms with Crippen molar-refractivity contribution in [1.29, 1.82) is 0 Å². The van der Waals surface area contributed by atoms with Gasteiger partial charge in [0.05, 0.1) is 24.7 Å². The molecule has 5 heterocycles. The first-order valence-corrected chi connectivity index (χ1v) is 10.5. The van der Waals surface area contributed by atoms with Gasteiger partial charge < -0.3 is 15.2 Å². The second-order valence-corrected chi connectivity index (χ2v) is 8.09. The zero-order valence-electron chi connectivity index (χ0n) is 17.7. The molecule has 0 radical (unpaired) electrons. The van der Waals surface area contributed by atoms with Crippen molar-refractivity contribution in [2.24, 2.45) is 10.7 Å². The summed E-state index contributed by atoms with van der Waals surface area (Å²) in [7, 11) is 0. The van der Waals surface area contributed by atoms with Crippen molar-refractivity contribution in [2.75, 3.05) is 13.2 Å². The first-order valence-electron chi connectivity index (χ1n) is 10.5. The minimum atomic E-state index is -1.02. The Kier molecular flexibility index (Phi) is 4.59. The number of hydrogen-bond acceptors (Lipinski definition) is 7. The van der Waals surface area contributed by atoms with Crippen LogP contribution in [0.1, 0.15) is 11.1 Å². The van der Waals surface area contributed by atoms with E-state index in [0.29, 0.717) is 45.3 Å². The highest BCUT2D eigenvalue weighted by atomic mass is 19.1. The Hall–Kier alpha value is -4.24. The second-order valence-electron chi connectivity index (χ2n) is 8.09. The van der Waals surface area contributed by atoms with Crippen molar-refractivity contribution in [3.05, 3.63) is 90.1 Å². The highest BCUT2D eigenvalue weighted by Gasteiger charge is 2.45. The van der Waals surface area contributed by atoms with Gasteiger partial charge in [-0.1, -0.05) is 6.07 Å².